The molecule has 0 atom stereocenters. The van der Waals surface area contributed by atoms with Gasteiger partial charge in [-0.2, -0.15) is 0 Å². The predicted molar refractivity (Wildman–Crippen MR) is 70.8 cm³/mol. The van der Waals surface area contributed by atoms with Crippen molar-refractivity contribution in [3.05, 3.63) is 29.8 Å². The molecule has 17 heavy (non-hydrogen) atoms. The zero-order valence-electron chi connectivity index (χ0n) is 11.4. The summed E-state index contributed by atoms with van der Waals surface area (Å²) in [4.78, 5) is 13.2. The summed E-state index contributed by atoms with van der Waals surface area (Å²) in [5.74, 6) is 0.306. The third kappa shape index (κ3) is 4.89. The summed E-state index contributed by atoms with van der Waals surface area (Å²) in [7, 11) is 1.74. The van der Waals surface area contributed by atoms with Crippen molar-refractivity contribution >= 4 is 5.91 Å². The Balaban J connectivity index is 0.00000121. The molecule has 3 nitrogen and oxygen atoms in total. The van der Waals surface area contributed by atoms with Crippen molar-refractivity contribution in [1.82, 2.24) is 4.90 Å². The molecule has 0 aliphatic carbocycles. The number of hydrogen-bond acceptors (Lipinski definition) is 2. The molecule has 0 aromatic heterocycles. The van der Waals surface area contributed by atoms with E-state index in [9.17, 15) is 9.90 Å². The predicted octanol–water partition coefficient (Wildman–Crippen LogP) is 3.03. The monoisotopic (exact) mass is 237 g/mol. The van der Waals surface area contributed by atoms with Crippen LogP contribution in [0, 0.1) is 5.92 Å². The average Bonchev–Trinajstić information content (AvgIpc) is 2.33. The second-order valence-corrected chi connectivity index (χ2v) is 3.98. The van der Waals surface area contributed by atoms with Crippen LogP contribution in [0.1, 0.15) is 33.3 Å². The summed E-state index contributed by atoms with van der Waals surface area (Å²) in [6.07, 6.45) is 0. The van der Waals surface area contributed by atoms with Gasteiger partial charge in [-0.3, -0.25) is 4.79 Å². The van der Waals surface area contributed by atoms with Gasteiger partial charge in [0.2, 0.25) is 5.91 Å². The third-order valence-electron chi connectivity index (χ3n) is 2.27. The van der Waals surface area contributed by atoms with E-state index >= 15 is 0 Å². The molecule has 0 radical (unpaired) electrons. The highest BCUT2D eigenvalue weighted by molar-refractivity contribution is 5.77. The highest BCUT2D eigenvalue weighted by Gasteiger charge is 2.13. The lowest BCUT2D eigenvalue weighted by molar-refractivity contribution is -0.133. The fourth-order valence-corrected chi connectivity index (χ4v) is 1.42. The first-order valence-electron chi connectivity index (χ1n) is 6.04. The molecule has 0 bridgehead atoms. The topological polar surface area (TPSA) is 40.5 Å². The van der Waals surface area contributed by atoms with Crippen molar-refractivity contribution in [3.8, 4) is 5.75 Å². The number of amides is 1. The standard InChI is InChI=1S/C12H17NO2.C2H6/c1-9(2)12(15)13(3)8-10-6-4-5-7-11(10)14;1-2/h4-7,9,14H,8H2,1-3H3;1-2H3. The van der Waals surface area contributed by atoms with Crippen molar-refractivity contribution < 1.29 is 9.90 Å². The van der Waals surface area contributed by atoms with Crippen LogP contribution in [0.2, 0.25) is 0 Å². The maximum atomic E-state index is 11.6. The van der Waals surface area contributed by atoms with Gasteiger partial charge >= 0.3 is 0 Å². The maximum Gasteiger partial charge on any atom is 0.225 e. The molecule has 1 rings (SSSR count). The molecule has 3 heteroatoms. The summed E-state index contributed by atoms with van der Waals surface area (Å²) >= 11 is 0. The Kier molecular flexibility index (Phi) is 7.03. The van der Waals surface area contributed by atoms with Crippen molar-refractivity contribution in [3.63, 3.8) is 0 Å². The van der Waals surface area contributed by atoms with Crippen molar-refractivity contribution in [2.24, 2.45) is 5.92 Å². The largest absolute Gasteiger partial charge is 0.508 e. The number of aromatic hydroxyl groups is 1. The fraction of sp³-hybridized carbons (Fsp3) is 0.500. The quantitative estimate of drug-likeness (QED) is 0.877. The lowest BCUT2D eigenvalue weighted by Gasteiger charge is -2.19. The van der Waals surface area contributed by atoms with Crippen molar-refractivity contribution in [2.45, 2.75) is 34.2 Å². The molecular formula is C14H23NO2. The average molecular weight is 237 g/mol. The summed E-state index contributed by atoms with van der Waals surface area (Å²) in [6, 6.07) is 7.06. The van der Waals surface area contributed by atoms with Gasteiger partial charge in [-0.05, 0) is 6.07 Å². The lowest BCUT2D eigenvalue weighted by Crippen LogP contribution is -2.29. The van der Waals surface area contributed by atoms with E-state index in [-0.39, 0.29) is 17.6 Å². The van der Waals surface area contributed by atoms with Crippen LogP contribution in [0.15, 0.2) is 24.3 Å². The van der Waals surface area contributed by atoms with E-state index in [2.05, 4.69) is 0 Å². The molecule has 96 valence electrons. The number of nitrogens with zero attached hydrogens (tertiary/aromatic N) is 1. The van der Waals surface area contributed by atoms with E-state index in [0.717, 1.165) is 5.56 Å². The molecular weight excluding hydrogens is 214 g/mol. The number of carbonyl (C=O) groups is 1. The maximum absolute atomic E-state index is 11.6. The first-order chi connectivity index (χ1) is 8.02. The van der Waals surface area contributed by atoms with Crippen molar-refractivity contribution in [1.29, 1.82) is 0 Å². The van der Waals surface area contributed by atoms with Crippen LogP contribution in [-0.4, -0.2) is 23.0 Å². The summed E-state index contributed by atoms with van der Waals surface area (Å²) in [5.41, 5.74) is 0.772. The van der Waals surface area contributed by atoms with Crippen LogP contribution < -0.4 is 0 Å². The second kappa shape index (κ2) is 7.71. The van der Waals surface area contributed by atoms with Crippen LogP contribution in [0.3, 0.4) is 0 Å². The normalized spacial score (nSPS) is 9.53. The van der Waals surface area contributed by atoms with Gasteiger partial charge in [0.05, 0.1) is 0 Å². The van der Waals surface area contributed by atoms with E-state index in [0.29, 0.717) is 6.54 Å². The Morgan fingerprint density at radius 1 is 1.29 bits per heavy atom. The van der Waals surface area contributed by atoms with Crippen LogP contribution in [0.25, 0.3) is 0 Å². The number of phenolic OH excluding ortho intramolecular Hbond substituents is 1. The van der Waals surface area contributed by atoms with E-state index in [1.54, 1.807) is 24.1 Å². The molecule has 0 saturated carbocycles. The Morgan fingerprint density at radius 2 is 1.82 bits per heavy atom. The molecule has 0 heterocycles. The minimum atomic E-state index is -0.0131. The van der Waals surface area contributed by atoms with E-state index in [4.69, 9.17) is 0 Å². The van der Waals surface area contributed by atoms with Gasteiger partial charge in [0, 0.05) is 25.1 Å². The molecule has 1 aromatic carbocycles. The number of carbonyl (C=O) groups excluding carboxylic acids is 1. The molecule has 1 aromatic rings. The highest BCUT2D eigenvalue weighted by atomic mass is 16.3. The molecule has 1 amide bonds. The minimum absolute atomic E-state index is 0.0131. The first kappa shape index (κ1) is 15.5. The Labute approximate surface area is 104 Å². The van der Waals surface area contributed by atoms with Gasteiger partial charge < -0.3 is 10.0 Å². The number of benzene rings is 1. The fourth-order valence-electron chi connectivity index (χ4n) is 1.42. The molecule has 0 fully saturated rings. The van der Waals surface area contributed by atoms with Gasteiger partial charge in [-0.25, -0.2) is 0 Å². The van der Waals surface area contributed by atoms with Gasteiger partial charge in [-0.1, -0.05) is 45.9 Å². The molecule has 0 saturated heterocycles. The van der Waals surface area contributed by atoms with Gasteiger partial charge in [-0.15, -0.1) is 0 Å². The Bertz CT molecular complexity index is 348. The summed E-state index contributed by atoms with van der Waals surface area (Å²) in [5, 5.41) is 9.54. The molecule has 1 N–H and O–H groups in total. The van der Waals surface area contributed by atoms with E-state index in [1.807, 2.05) is 39.8 Å². The Hall–Kier alpha value is -1.51. The SMILES string of the molecule is CC.CC(C)C(=O)N(C)Cc1ccccc1O. The summed E-state index contributed by atoms with van der Waals surface area (Å²) in [6.45, 7) is 8.18. The molecule has 0 unspecified atom stereocenters. The molecule has 0 spiro atoms. The van der Waals surface area contributed by atoms with E-state index in [1.165, 1.54) is 0 Å². The van der Waals surface area contributed by atoms with Gasteiger partial charge in [0.1, 0.15) is 5.75 Å². The number of phenols is 1. The zero-order chi connectivity index (χ0) is 13.4. The van der Waals surface area contributed by atoms with Crippen molar-refractivity contribution in [2.75, 3.05) is 7.05 Å². The number of rotatable bonds is 3. The highest BCUT2D eigenvalue weighted by Crippen LogP contribution is 2.17. The smallest absolute Gasteiger partial charge is 0.225 e. The Morgan fingerprint density at radius 3 is 2.29 bits per heavy atom. The van der Waals surface area contributed by atoms with Gasteiger partial charge in [0.25, 0.3) is 0 Å². The zero-order valence-corrected chi connectivity index (χ0v) is 11.4. The van der Waals surface area contributed by atoms with Crippen LogP contribution >= 0.6 is 0 Å². The van der Waals surface area contributed by atoms with Crippen LogP contribution in [-0.2, 0) is 11.3 Å². The molecule has 0 aliphatic heterocycles. The molecule has 0 aliphatic rings. The second-order valence-electron chi connectivity index (χ2n) is 3.98. The summed E-state index contributed by atoms with van der Waals surface area (Å²) < 4.78 is 0. The van der Waals surface area contributed by atoms with E-state index < -0.39 is 0 Å². The lowest BCUT2D eigenvalue weighted by atomic mass is 10.1. The van der Waals surface area contributed by atoms with Crippen LogP contribution in [0.5, 0.6) is 5.75 Å². The van der Waals surface area contributed by atoms with Gasteiger partial charge in [0.15, 0.2) is 0 Å². The third-order valence-corrected chi connectivity index (χ3v) is 2.27. The number of para-hydroxylation sites is 1. The van der Waals surface area contributed by atoms with Crippen LogP contribution in [0.4, 0.5) is 0 Å². The first-order valence-corrected chi connectivity index (χ1v) is 6.04. The number of hydrogen-bond donors (Lipinski definition) is 1. The minimum Gasteiger partial charge on any atom is -0.508 e.